The van der Waals surface area contributed by atoms with Crippen LogP contribution in [0, 0.1) is 0 Å². The van der Waals surface area contributed by atoms with Gasteiger partial charge in [-0.15, -0.1) is 0 Å². The summed E-state index contributed by atoms with van der Waals surface area (Å²) in [5, 5.41) is 0.930. The molecule has 5 nitrogen and oxygen atoms in total. The highest BCUT2D eigenvalue weighted by Crippen LogP contribution is 2.24. The molecule has 144 valence electrons. The van der Waals surface area contributed by atoms with E-state index >= 15 is 0 Å². The molecule has 1 saturated heterocycles. The van der Waals surface area contributed by atoms with Crippen molar-refractivity contribution in [1.82, 2.24) is 4.90 Å². The third kappa shape index (κ3) is 3.79. The van der Waals surface area contributed by atoms with E-state index in [1.807, 2.05) is 48.2 Å². The van der Waals surface area contributed by atoms with E-state index in [2.05, 4.69) is 0 Å². The lowest BCUT2D eigenvalue weighted by atomic mass is 10.1. The first-order chi connectivity index (χ1) is 13.6. The Hall–Kier alpha value is -3.08. The van der Waals surface area contributed by atoms with E-state index in [1.165, 1.54) is 6.07 Å². The first-order valence-electron chi connectivity index (χ1n) is 9.72. The van der Waals surface area contributed by atoms with Crippen LogP contribution in [-0.2, 0) is 13.0 Å². The van der Waals surface area contributed by atoms with Crippen molar-refractivity contribution >= 4 is 16.9 Å². The summed E-state index contributed by atoms with van der Waals surface area (Å²) in [4.78, 5) is 26.0. The van der Waals surface area contributed by atoms with E-state index in [9.17, 15) is 9.59 Å². The Balaban J connectivity index is 1.45. The Morgan fingerprint density at radius 3 is 2.54 bits per heavy atom. The van der Waals surface area contributed by atoms with Crippen LogP contribution in [0.1, 0.15) is 41.3 Å². The molecular weight excluding hydrogens is 354 g/mol. The number of rotatable bonds is 5. The van der Waals surface area contributed by atoms with Gasteiger partial charge < -0.3 is 14.1 Å². The number of likely N-dealkylation sites (tertiary alicyclic amines) is 1. The minimum atomic E-state index is -0.347. The number of amides is 1. The summed E-state index contributed by atoms with van der Waals surface area (Å²) >= 11 is 0. The molecule has 1 aliphatic heterocycles. The lowest BCUT2D eigenvalue weighted by Crippen LogP contribution is -2.27. The second-order valence-electron chi connectivity index (χ2n) is 7.09. The van der Waals surface area contributed by atoms with Gasteiger partial charge in [0.1, 0.15) is 17.9 Å². The van der Waals surface area contributed by atoms with E-state index in [0.29, 0.717) is 23.5 Å². The SMILES string of the molecule is CCc1cc(=O)oc2cc(OCc3ccc(C(=O)N4CCCC4)cc3)ccc12. The van der Waals surface area contributed by atoms with Gasteiger partial charge in [0.2, 0.25) is 0 Å². The van der Waals surface area contributed by atoms with Crippen LogP contribution in [0.4, 0.5) is 0 Å². The maximum Gasteiger partial charge on any atom is 0.336 e. The molecule has 1 fully saturated rings. The van der Waals surface area contributed by atoms with E-state index in [0.717, 1.165) is 48.9 Å². The van der Waals surface area contributed by atoms with Crippen molar-refractivity contribution in [2.24, 2.45) is 0 Å². The molecule has 1 amide bonds. The molecule has 0 saturated carbocycles. The van der Waals surface area contributed by atoms with Gasteiger partial charge in [-0.1, -0.05) is 19.1 Å². The number of hydrogen-bond donors (Lipinski definition) is 0. The molecule has 1 aromatic heterocycles. The molecule has 3 aromatic rings. The van der Waals surface area contributed by atoms with Gasteiger partial charge in [-0.05, 0) is 54.7 Å². The zero-order chi connectivity index (χ0) is 19.5. The molecule has 0 unspecified atom stereocenters. The summed E-state index contributed by atoms with van der Waals surface area (Å²) in [6, 6.07) is 14.6. The molecule has 0 radical (unpaired) electrons. The predicted octanol–water partition coefficient (Wildman–Crippen LogP) is 4.17. The largest absolute Gasteiger partial charge is 0.489 e. The van der Waals surface area contributed by atoms with Crippen molar-refractivity contribution in [1.29, 1.82) is 0 Å². The van der Waals surface area contributed by atoms with Gasteiger partial charge in [0, 0.05) is 36.2 Å². The lowest BCUT2D eigenvalue weighted by molar-refractivity contribution is 0.0793. The van der Waals surface area contributed by atoms with Crippen LogP contribution >= 0.6 is 0 Å². The van der Waals surface area contributed by atoms with Crippen LogP contribution in [-0.4, -0.2) is 23.9 Å². The van der Waals surface area contributed by atoms with Crippen molar-refractivity contribution in [3.63, 3.8) is 0 Å². The second kappa shape index (κ2) is 7.89. The molecule has 0 atom stereocenters. The Labute approximate surface area is 163 Å². The highest BCUT2D eigenvalue weighted by Gasteiger charge is 2.19. The molecular formula is C23H23NO4. The van der Waals surface area contributed by atoms with Crippen LogP contribution in [0.5, 0.6) is 5.75 Å². The van der Waals surface area contributed by atoms with Crippen LogP contribution in [0.3, 0.4) is 0 Å². The molecule has 2 aromatic carbocycles. The van der Waals surface area contributed by atoms with Crippen molar-refractivity contribution < 1.29 is 13.9 Å². The summed E-state index contributed by atoms with van der Waals surface area (Å²) in [5.74, 6) is 0.738. The van der Waals surface area contributed by atoms with Gasteiger partial charge in [-0.2, -0.15) is 0 Å². The van der Waals surface area contributed by atoms with Gasteiger partial charge in [0.05, 0.1) is 0 Å². The number of benzene rings is 2. The quantitative estimate of drug-likeness (QED) is 0.626. The lowest BCUT2D eigenvalue weighted by Gasteiger charge is -2.15. The van der Waals surface area contributed by atoms with E-state index in [-0.39, 0.29) is 11.5 Å². The van der Waals surface area contributed by atoms with Crippen LogP contribution < -0.4 is 10.4 Å². The number of hydrogen-bond acceptors (Lipinski definition) is 4. The van der Waals surface area contributed by atoms with Crippen molar-refractivity contribution in [2.45, 2.75) is 32.8 Å². The average molecular weight is 377 g/mol. The summed E-state index contributed by atoms with van der Waals surface area (Å²) in [6.07, 6.45) is 2.94. The van der Waals surface area contributed by atoms with E-state index in [4.69, 9.17) is 9.15 Å². The number of carbonyl (C=O) groups is 1. The molecule has 28 heavy (non-hydrogen) atoms. The zero-order valence-electron chi connectivity index (χ0n) is 15.9. The first-order valence-corrected chi connectivity index (χ1v) is 9.72. The minimum absolute atomic E-state index is 0.0984. The summed E-state index contributed by atoms with van der Waals surface area (Å²) in [7, 11) is 0. The normalized spacial score (nSPS) is 13.8. The summed E-state index contributed by atoms with van der Waals surface area (Å²) in [5.41, 5.74) is 2.84. The highest BCUT2D eigenvalue weighted by molar-refractivity contribution is 5.94. The van der Waals surface area contributed by atoms with Gasteiger partial charge in [0.15, 0.2) is 0 Å². The Bertz CT molecular complexity index is 1050. The smallest absolute Gasteiger partial charge is 0.336 e. The molecule has 1 aliphatic rings. The van der Waals surface area contributed by atoms with Crippen LogP contribution in [0.2, 0.25) is 0 Å². The number of ether oxygens (including phenoxy) is 1. The third-order valence-electron chi connectivity index (χ3n) is 5.18. The Morgan fingerprint density at radius 2 is 1.82 bits per heavy atom. The standard InChI is InChI=1S/C23H23NO4/c1-2-17-13-22(25)28-21-14-19(9-10-20(17)21)27-15-16-5-7-18(8-6-16)23(26)24-11-3-4-12-24/h5-10,13-14H,2-4,11-12,15H2,1H3. The van der Waals surface area contributed by atoms with Crippen LogP contribution in [0.25, 0.3) is 11.0 Å². The van der Waals surface area contributed by atoms with Crippen molar-refractivity contribution in [2.75, 3.05) is 13.1 Å². The number of aryl methyl sites for hydroxylation is 1. The fraction of sp³-hybridized carbons (Fsp3) is 0.304. The van der Waals surface area contributed by atoms with Crippen molar-refractivity contribution in [3.8, 4) is 5.75 Å². The van der Waals surface area contributed by atoms with Gasteiger partial charge in [-0.25, -0.2) is 4.79 Å². The van der Waals surface area contributed by atoms with E-state index in [1.54, 1.807) is 6.07 Å². The minimum Gasteiger partial charge on any atom is -0.489 e. The summed E-state index contributed by atoms with van der Waals surface area (Å²) < 4.78 is 11.2. The fourth-order valence-electron chi connectivity index (χ4n) is 3.61. The third-order valence-corrected chi connectivity index (χ3v) is 5.18. The van der Waals surface area contributed by atoms with Gasteiger partial charge >= 0.3 is 5.63 Å². The molecule has 0 aliphatic carbocycles. The fourth-order valence-corrected chi connectivity index (χ4v) is 3.61. The zero-order valence-corrected chi connectivity index (χ0v) is 15.9. The van der Waals surface area contributed by atoms with E-state index < -0.39 is 0 Å². The Kier molecular flexibility index (Phi) is 5.15. The van der Waals surface area contributed by atoms with Gasteiger partial charge in [0.25, 0.3) is 5.91 Å². The van der Waals surface area contributed by atoms with Gasteiger partial charge in [-0.3, -0.25) is 4.79 Å². The monoisotopic (exact) mass is 377 g/mol. The molecule has 5 heteroatoms. The molecule has 0 bridgehead atoms. The maximum absolute atomic E-state index is 12.4. The molecule has 2 heterocycles. The average Bonchev–Trinajstić information content (AvgIpc) is 3.26. The molecule has 4 rings (SSSR count). The summed E-state index contributed by atoms with van der Waals surface area (Å²) in [6.45, 7) is 4.08. The first kappa shape index (κ1) is 18.3. The number of nitrogens with zero attached hydrogens (tertiary/aromatic N) is 1. The van der Waals surface area contributed by atoms with Crippen molar-refractivity contribution in [3.05, 3.63) is 75.6 Å². The Morgan fingerprint density at radius 1 is 1.07 bits per heavy atom. The number of carbonyl (C=O) groups excluding carboxylic acids is 1. The topological polar surface area (TPSA) is 59.8 Å². The predicted molar refractivity (Wildman–Crippen MR) is 108 cm³/mol. The molecule has 0 N–H and O–H groups in total. The second-order valence-corrected chi connectivity index (χ2v) is 7.09. The van der Waals surface area contributed by atoms with Crippen LogP contribution in [0.15, 0.2) is 57.7 Å². The molecule has 0 spiro atoms. The highest BCUT2D eigenvalue weighted by atomic mass is 16.5. The number of fused-ring (bicyclic) bond motifs is 1. The maximum atomic E-state index is 12.4.